The van der Waals surface area contributed by atoms with Gasteiger partial charge in [0.25, 0.3) is 0 Å². The first-order chi connectivity index (χ1) is 10.0. The Labute approximate surface area is 135 Å². The van der Waals surface area contributed by atoms with Crippen molar-refractivity contribution in [2.75, 3.05) is 0 Å². The van der Waals surface area contributed by atoms with Gasteiger partial charge >= 0.3 is 0 Å². The number of halogens is 1. The number of hydrogen-bond donors (Lipinski definition) is 0. The van der Waals surface area contributed by atoms with E-state index in [4.69, 9.17) is 0 Å². The zero-order chi connectivity index (χ0) is 17.1. The summed E-state index contributed by atoms with van der Waals surface area (Å²) in [5.74, 6) is -0.456. The van der Waals surface area contributed by atoms with Gasteiger partial charge in [-0.2, -0.15) is 0 Å². The normalized spacial score (nSPS) is 12.6. The highest BCUT2D eigenvalue weighted by molar-refractivity contribution is 7.96. The summed E-state index contributed by atoms with van der Waals surface area (Å²) >= 11 is 0. The van der Waals surface area contributed by atoms with Crippen LogP contribution in [0.5, 0.6) is 0 Å². The van der Waals surface area contributed by atoms with Gasteiger partial charge in [0.15, 0.2) is 0 Å². The zero-order valence-corrected chi connectivity index (χ0v) is 16.0. The molecule has 122 valence electrons. The van der Waals surface area contributed by atoms with E-state index in [1.54, 1.807) is 0 Å². The highest BCUT2D eigenvalue weighted by Gasteiger charge is 2.42. The van der Waals surface area contributed by atoms with Crippen molar-refractivity contribution >= 4 is 17.9 Å². The molecule has 0 saturated heterocycles. The van der Waals surface area contributed by atoms with Crippen LogP contribution in [0.1, 0.15) is 41.5 Å². The minimum atomic E-state index is -3.70. The third-order valence-corrected chi connectivity index (χ3v) is 12.1. The second-order valence-corrected chi connectivity index (χ2v) is 13.8. The molecule has 1 rings (SSSR count). The lowest BCUT2D eigenvalue weighted by Gasteiger charge is -2.37. The second kappa shape index (κ2) is 6.97. The smallest absolute Gasteiger partial charge is 0.210 e. The molecule has 2 nitrogen and oxygen atoms in total. The molecule has 0 bridgehead atoms. The minimum Gasteiger partial charge on any atom is -0.210 e. The maximum Gasteiger partial charge on any atom is 0.244 e. The number of benzene rings is 1. The SMILES string of the molecule is CC(C)[Si](C#CS(=O)(=O)c1ccc(F)cc1)(C(C)C)C(C)C. The quantitative estimate of drug-likeness (QED) is 0.449. The van der Waals surface area contributed by atoms with Crippen LogP contribution in [0, 0.1) is 16.6 Å². The fourth-order valence-corrected chi connectivity index (χ4v) is 9.98. The Morgan fingerprint density at radius 2 is 1.32 bits per heavy atom. The molecular formula is C17H25FO2SSi. The maximum atomic E-state index is 12.9. The summed E-state index contributed by atoms with van der Waals surface area (Å²) in [6, 6.07) is 4.82. The molecule has 0 radical (unpaired) electrons. The van der Waals surface area contributed by atoms with Crippen LogP contribution < -0.4 is 0 Å². The monoisotopic (exact) mass is 340 g/mol. The van der Waals surface area contributed by atoms with Crippen LogP contribution in [-0.4, -0.2) is 16.5 Å². The number of sulfone groups is 1. The molecule has 0 saturated carbocycles. The van der Waals surface area contributed by atoms with E-state index in [1.807, 2.05) is 0 Å². The molecule has 0 heterocycles. The molecule has 0 aromatic heterocycles. The molecule has 0 atom stereocenters. The Balaban J connectivity index is 3.36. The molecule has 0 aliphatic heterocycles. The largest absolute Gasteiger partial charge is 0.244 e. The number of rotatable bonds is 4. The lowest BCUT2D eigenvalue weighted by molar-refractivity contribution is 0.604. The van der Waals surface area contributed by atoms with E-state index < -0.39 is 23.7 Å². The van der Waals surface area contributed by atoms with Gasteiger partial charge in [0.05, 0.1) is 4.90 Å². The molecule has 1 aromatic rings. The summed E-state index contributed by atoms with van der Waals surface area (Å²) in [6.07, 6.45) is 0. The molecule has 5 heteroatoms. The molecule has 0 unspecified atom stereocenters. The Bertz CT molecular complexity index is 643. The van der Waals surface area contributed by atoms with Crippen LogP contribution in [0.4, 0.5) is 4.39 Å². The van der Waals surface area contributed by atoms with E-state index in [2.05, 4.69) is 52.3 Å². The van der Waals surface area contributed by atoms with Crippen molar-refractivity contribution in [2.45, 2.75) is 63.1 Å². The molecular weight excluding hydrogens is 315 g/mol. The van der Waals surface area contributed by atoms with E-state index in [-0.39, 0.29) is 4.90 Å². The van der Waals surface area contributed by atoms with Gasteiger partial charge < -0.3 is 0 Å². The van der Waals surface area contributed by atoms with Crippen LogP contribution >= 0.6 is 0 Å². The Kier molecular flexibility index (Phi) is 6.00. The summed E-state index contributed by atoms with van der Waals surface area (Å²) in [7, 11) is -5.80. The number of hydrogen-bond acceptors (Lipinski definition) is 2. The third-order valence-electron chi connectivity index (χ3n) is 4.39. The highest BCUT2D eigenvalue weighted by Crippen LogP contribution is 2.40. The topological polar surface area (TPSA) is 34.1 Å². The molecule has 22 heavy (non-hydrogen) atoms. The third kappa shape index (κ3) is 3.79. The van der Waals surface area contributed by atoms with Gasteiger partial charge in [-0.3, -0.25) is 0 Å². The van der Waals surface area contributed by atoms with Gasteiger partial charge in [0.1, 0.15) is 13.9 Å². The molecule has 0 spiro atoms. The lowest BCUT2D eigenvalue weighted by Crippen LogP contribution is -2.43. The van der Waals surface area contributed by atoms with Crippen LogP contribution in [0.3, 0.4) is 0 Å². The maximum absolute atomic E-state index is 12.9. The van der Waals surface area contributed by atoms with Gasteiger partial charge in [-0.05, 0) is 40.9 Å². The Morgan fingerprint density at radius 1 is 0.909 bits per heavy atom. The summed E-state index contributed by atoms with van der Waals surface area (Å²) in [5.41, 5.74) is 4.28. The highest BCUT2D eigenvalue weighted by atomic mass is 32.2. The summed E-state index contributed by atoms with van der Waals surface area (Å²) in [5, 5.41) is 2.54. The van der Waals surface area contributed by atoms with Gasteiger partial charge in [-0.15, -0.1) is 5.54 Å². The van der Waals surface area contributed by atoms with Crippen LogP contribution in [0.25, 0.3) is 0 Å². The first-order valence-electron chi connectivity index (χ1n) is 7.58. The molecule has 0 aliphatic rings. The fraction of sp³-hybridized carbons (Fsp3) is 0.529. The van der Waals surface area contributed by atoms with E-state index in [0.717, 1.165) is 12.1 Å². The van der Waals surface area contributed by atoms with Gasteiger partial charge in [0.2, 0.25) is 9.84 Å². The van der Waals surface area contributed by atoms with E-state index in [1.165, 1.54) is 12.1 Å². The van der Waals surface area contributed by atoms with E-state index in [0.29, 0.717) is 16.6 Å². The first-order valence-corrected chi connectivity index (χ1v) is 11.3. The van der Waals surface area contributed by atoms with Gasteiger partial charge in [0, 0.05) is 5.25 Å². The Hall–Kier alpha value is -1.12. The average Bonchev–Trinajstić information content (AvgIpc) is 2.38. The molecule has 0 amide bonds. The zero-order valence-electron chi connectivity index (χ0n) is 14.1. The first kappa shape index (κ1) is 18.9. The van der Waals surface area contributed by atoms with Gasteiger partial charge in [-0.1, -0.05) is 41.5 Å². The lowest BCUT2D eigenvalue weighted by atomic mass is 10.4. The van der Waals surface area contributed by atoms with E-state index >= 15 is 0 Å². The second-order valence-electron chi connectivity index (χ2n) is 6.58. The van der Waals surface area contributed by atoms with Crippen LogP contribution in [0.15, 0.2) is 29.2 Å². The summed E-state index contributed by atoms with van der Waals surface area (Å²) in [6.45, 7) is 12.8. The predicted molar refractivity (Wildman–Crippen MR) is 92.4 cm³/mol. The fourth-order valence-electron chi connectivity index (χ4n) is 3.26. The molecule has 0 aliphatic carbocycles. The molecule has 1 aromatic carbocycles. The van der Waals surface area contributed by atoms with Crippen molar-refractivity contribution in [1.29, 1.82) is 0 Å². The van der Waals surface area contributed by atoms with Crippen LogP contribution in [0.2, 0.25) is 16.6 Å². The van der Waals surface area contributed by atoms with Crippen molar-refractivity contribution < 1.29 is 12.8 Å². The van der Waals surface area contributed by atoms with Crippen molar-refractivity contribution in [3.63, 3.8) is 0 Å². The average molecular weight is 341 g/mol. The van der Waals surface area contributed by atoms with Crippen molar-refractivity contribution in [2.24, 2.45) is 0 Å². The van der Waals surface area contributed by atoms with Crippen molar-refractivity contribution in [1.82, 2.24) is 0 Å². The molecule has 0 N–H and O–H groups in total. The Morgan fingerprint density at radius 3 is 1.68 bits per heavy atom. The van der Waals surface area contributed by atoms with Crippen LogP contribution in [-0.2, 0) is 9.84 Å². The summed E-state index contributed by atoms with van der Waals surface area (Å²) in [4.78, 5) is 0.0561. The predicted octanol–water partition coefficient (Wildman–Crippen LogP) is 4.78. The van der Waals surface area contributed by atoms with E-state index in [9.17, 15) is 12.8 Å². The van der Waals surface area contributed by atoms with Crippen molar-refractivity contribution in [3.8, 4) is 10.8 Å². The summed E-state index contributed by atoms with van der Waals surface area (Å²) < 4.78 is 37.7. The standard InChI is InChI=1S/C17H25FO2SSi/c1-13(2)22(14(3)4,15(5)6)12-11-21(19,20)17-9-7-16(18)8-10-17/h7-10,13-15H,1-6H3. The van der Waals surface area contributed by atoms with Crippen molar-refractivity contribution in [3.05, 3.63) is 30.1 Å². The molecule has 0 fully saturated rings. The van der Waals surface area contributed by atoms with Gasteiger partial charge in [-0.25, -0.2) is 12.8 Å². The minimum absolute atomic E-state index is 0.0561.